The second kappa shape index (κ2) is 9.31. The van der Waals surface area contributed by atoms with Crippen LogP contribution in [0.2, 0.25) is 0 Å². The van der Waals surface area contributed by atoms with Gasteiger partial charge in [0.05, 0.1) is 12.0 Å². The zero-order chi connectivity index (χ0) is 12.0. The molecule has 0 rings (SSSR count). The van der Waals surface area contributed by atoms with Crippen LogP contribution < -0.4 is 27.8 Å². The minimum Gasteiger partial charge on any atom is -0.550 e. The number of carbonyl (C=O) groups is 3. The summed E-state index contributed by atoms with van der Waals surface area (Å²) in [7, 11) is 0. The van der Waals surface area contributed by atoms with E-state index in [0.717, 1.165) is 0 Å². The van der Waals surface area contributed by atoms with Gasteiger partial charge in [-0.25, -0.2) is 0 Å². The molecule has 0 radical (unpaired) electrons. The molecule has 0 aromatic heterocycles. The molecule has 100 valence electrons. The van der Waals surface area contributed by atoms with Crippen LogP contribution in [-0.2, 0) is 14.4 Å². The molecule has 0 bridgehead atoms. The number of hydrogen-bond donors (Lipinski definition) is 3. The highest BCUT2D eigenvalue weighted by molar-refractivity contribution is 5.94. The molecule has 0 aliphatic heterocycles. The third kappa shape index (κ3) is 9.03. The first-order valence-corrected chi connectivity index (χ1v) is 4.21. The summed E-state index contributed by atoms with van der Waals surface area (Å²) in [6.07, 6.45) is -0.737. The van der Waals surface area contributed by atoms with E-state index in [1.54, 1.807) is 0 Å². The quantitative estimate of drug-likeness (QED) is 0.462. The van der Waals surface area contributed by atoms with Crippen molar-refractivity contribution in [1.29, 1.82) is 0 Å². The Labute approximate surface area is 98.9 Å². The summed E-state index contributed by atoms with van der Waals surface area (Å²) in [6, 6.07) is -1.34. The number of carboxylic acids is 2. The van der Waals surface area contributed by atoms with E-state index in [-0.39, 0.29) is 24.3 Å². The van der Waals surface area contributed by atoms with Crippen LogP contribution in [0.25, 0.3) is 0 Å². The molecule has 0 aliphatic rings. The number of rotatable bonds is 6. The Bertz CT molecular complexity index is 303. The van der Waals surface area contributed by atoms with E-state index in [1.165, 1.54) is 6.92 Å². The number of nitrogens with one attached hydrogen (secondary N) is 1. The maximum atomic E-state index is 11.0. The monoisotopic (exact) mass is 249 g/mol. The molecule has 0 saturated carbocycles. The fraction of sp³-hybridized carbons (Fsp3) is 0.444. The van der Waals surface area contributed by atoms with E-state index < -0.39 is 30.3 Å². The largest absolute Gasteiger partial charge is 0.550 e. The topological polar surface area (TPSA) is 182 Å². The van der Waals surface area contributed by atoms with Crippen LogP contribution in [0.15, 0.2) is 12.2 Å². The van der Waals surface area contributed by atoms with E-state index >= 15 is 0 Å². The lowest BCUT2D eigenvalue weighted by Crippen LogP contribution is -2.48. The van der Waals surface area contributed by atoms with E-state index in [1.807, 2.05) is 0 Å². The van der Waals surface area contributed by atoms with Crippen molar-refractivity contribution in [2.75, 3.05) is 0 Å². The lowest BCUT2D eigenvalue weighted by atomic mass is 10.1. The molecular weight excluding hydrogens is 230 g/mol. The smallest absolute Gasteiger partial charge is 0.246 e. The first-order chi connectivity index (χ1) is 6.84. The standard InChI is InChI=1S/C9H13NO5.2H3N/c1-5(2)8(13)10-6(9(14)15)3-4-7(11)12;;/h6H,1,3-4H2,2H3,(H,10,13)(H,11,12)(H,14,15);2*1H3/t6-;;/m0../s1. The number of amides is 1. The molecule has 0 aliphatic carbocycles. The van der Waals surface area contributed by atoms with Crippen LogP contribution in [0.3, 0.4) is 0 Å². The third-order valence-electron chi connectivity index (χ3n) is 1.61. The van der Waals surface area contributed by atoms with Crippen molar-refractivity contribution < 1.29 is 24.6 Å². The van der Waals surface area contributed by atoms with Gasteiger partial charge in [0.2, 0.25) is 5.91 Å². The van der Waals surface area contributed by atoms with Crippen molar-refractivity contribution in [2.45, 2.75) is 25.8 Å². The van der Waals surface area contributed by atoms with Crippen LogP contribution in [-0.4, -0.2) is 23.9 Å². The van der Waals surface area contributed by atoms with Gasteiger partial charge in [-0.15, -0.1) is 0 Å². The zero-order valence-electron chi connectivity index (χ0n) is 10.2. The normalized spacial score (nSPS) is 10.2. The van der Waals surface area contributed by atoms with Gasteiger partial charge in [-0.3, -0.25) is 4.79 Å². The minimum atomic E-state index is -1.54. The van der Waals surface area contributed by atoms with Gasteiger partial charge in [-0.05, 0) is 19.8 Å². The minimum absolute atomic E-state index is 0. The van der Waals surface area contributed by atoms with Crippen LogP contribution in [0.1, 0.15) is 19.8 Å². The molecule has 0 fully saturated rings. The van der Waals surface area contributed by atoms with Crippen molar-refractivity contribution >= 4 is 17.8 Å². The Balaban J connectivity index is -0.000000980. The van der Waals surface area contributed by atoms with Crippen LogP contribution in [0.4, 0.5) is 0 Å². The predicted molar refractivity (Wildman–Crippen MR) is 58.0 cm³/mol. The van der Waals surface area contributed by atoms with E-state index in [4.69, 9.17) is 0 Å². The summed E-state index contributed by atoms with van der Waals surface area (Å²) in [5.74, 6) is -3.57. The lowest BCUT2D eigenvalue weighted by Gasteiger charge is -2.19. The van der Waals surface area contributed by atoms with Gasteiger partial charge >= 0.3 is 0 Å². The molecule has 8 heteroatoms. The van der Waals surface area contributed by atoms with Crippen molar-refractivity contribution in [3.63, 3.8) is 0 Å². The Morgan fingerprint density at radius 2 is 1.71 bits per heavy atom. The highest BCUT2D eigenvalue weighted by Gasteiger charge is 2.13. The summed E-state index contributed by atoms with van der Waals surface area (Å²) in [4.78, 5) is 31.6. The number of carboxylic acid groups (broad SMARTS) is 2. The van der Waals surface area contributed by atoms with Gasteiger partial charge in [-0.2, -0.15) is 0 Å². The second-order valence-corrected chi connectivity index (χ2v) is 3.04. The molecule has 1 amide bonds. The highest BCUT2D eigenvalue weighted by atomic mass is 16.4. The van der Waals surface area contributed by atoms with Crippen LogP contribution in [0.5, 0.6) is 0 Å². The highest BCUT2D eigenvalue weighted by Crippen LogP contribution is 1.97. The maximum Gasteiger partial charge on any atom is 0.246 e. The van der Waals surface area contributed by atoms with Crippen molar-refractivity contribution in [2.24, 2.45) is 0 Å². The van der Waals surface area contributed by atoms with Crippen molar-refractivity contribution in [3.05, 3.63) is 12.2 Å². The molecule has 0 saturated heterocycles. The number of hydrogen-bond acceptors (Lipinski definition) is 5. The van der Waals surface area contributed by atoms with Gasteiger partial charge in [-0.1, -0.05) is 6.58 Å². The molecule has 0 unspecified atom stereocenters. The number of carbonyl (C=O) groups excluding carboxylic acids is 3. The molecule has 17 heavy (non-hydrogen) atoms. The molecule has 1 atom stereocenters. The summed E-state index contributed by atoms with van der Waals surface area (Å²) in [5.41, 5.74) is 0.134. The fourth-order valence-corrected chi connectivity index (χ4v) is 0.793. The molecule has 0 heterocycles. The Hall–Kier alpha value is -1.93. The first kappa shape index (κ1) is 20.5. The van der Waals surface area contributed by atoms with Crippen molar-refractivity contribution in [3.8, 4) is 0 Å². The lowest BCUT2D eigenvalue weighted by molar-refractivity contribution is -0.310. The Morgan fingerprint density at radius 1 is 1.24 bits per heavy atom. The zero-order valence-corrected chi connectivity index (χ0v) is 10.2. The SMILES string of the molecule is C=C(C)C(=O)N[C@@H](CCC(=O)[O-])C(=O)[O-].[NH4+].[NH4+]. The van der Waals surface area contributed by atoms with E-state index in [2.05, 4.69) is 11.9 Å². The molecule has 9 N–H and O–H groups in total. The predicted octanol–water partition coefficient (Wildman–Crippen LogP) is -1.92. The van der Waals surface area contributed by atoms with E-state index in [0.29, 0.717) is 0 Å². The summed E-state index contributed by atoms with van der Waals surface area (Å²) >= 11 is 0. The van der Waals surface area contributed by atoms with Crippen LogP contribution in [0, 0.1) is 0 Å². The fourth-order valence-electron chi connectivity index (χ4n) is 0.793. The number of aliphatic carboxylic acids is 2. The van der Waals surface area contributed by atoms with Crippen LogP contribution >= 0.6 is 0 Å². The third-order valence-corrected chi connectivity index (χ3v) is 1.61. The maximum absolute atomic E-state index is 11.0. The van der Waals surface area contributed by atoms with Crippen molar-refractivity contribution in [1.82, 2.24) is 17.6 Å². The van der Waals surface area contributed by atoms with Gasteiger partial charge in [0.1, 0.15) is 0 Å². The molecule has 0 aromatic rings. The first-order valence-electron chi connectivity index (χ1n) is 4.21. The van der Waals surface area contributed by atoms with Gasteiger partial charge in [0, 0.05) is 11.5 Å². The van der Waals surface area contributed by atoms with Gasteiger partial charge in [0.25, 0.3) is 0 Å². The van der Waals surface area contributed by atoms with Gasteiger partial charge in [0.15, 0.2) is 0 Å². The molecule has 0 aromatic carbocycles. The second-order valence-electron chi connectivity index (χ2n) is 3.04. The summed E-state index contributed by atoms with van der Waals surface area (Å²) in [5, 5.41) is 22.7. The number of quaternary nitrogens is 2. The Morgan fingerprint density at radius 3 is 2.00 bits per heavy atom. The summed E-state index contributed by atoms with van der Waals surface area (Å²) in [6.45, 7) is 4.71. The average Bonchev–Trinajstić information content (AvgIpc) is 2.10. The van der Waals surface area contributed by atoms with E-state index in [9.17, 15) is 24.6 Å². The molecular formula is C9H19N3O5. The average molecular weight is 249 g/mol. The molecule has 0 spiro atoms. The Kier molecular flexibility index (Phi) is 11.2. The summed E-state index contributed by atoms with van der Waals surface area (Å²) < 4.78 is 0. The van der Waals surface area contributed by atoms with Gasteiger partial charge < -0.3 is 37.4 Å². The molecule has 8 nitrogen and oxygen atoms in total.